The third kappa shape index (κ3) is 4.17. The first-order valence-corrected chi connectivity index (χ1v) is 12.4. The van der Waals surface area contributed by atoms with Crippen LogP contribution in [0, 0.1) is 0 Å². The van der Waals surface area contributed by atoms with Crippen molar-refractivity contribution in [1.29, 1.82) is 0 Å². The first-order valence-electron chi connectivity index (χ1n) is 8.94. The van der Waals surface area contributed by atoms with Crippen molar-refractivity contribution in [1.82, 2.24) is 0 Å². The van der Waals surface area contributed by atoms with Crippen LogP contribution in [0.1, 0.15) is 39.5 Å². The van der Waals surface area contributed by atoms with Crippen molar-refractivity contribution in [2.75, 3.05) is 14.2 Å². The topological polar surface area (TPSA) is 36.9 Å². The normalized spacial score (nSPS) is 23.2. The Morgan fingerprint density at radius 1 is 0.840 bits per heavy atom. The molecule has 1 aromatic rings. The van der Waals surface area contributed by atoms with Crippen molar-refractivity contribution >= 4 is 13.3 Å². The minimum atomic E-state index is -1.52. The van der Waals surface area contributed by atoms with Crippen LogP contribution in [0.4, 0.5) is 0 Å². The third-order valence-corrected chi connectivity index (χ3v) is 7.33. The average molecular weight is 367 g/mol. The minimum Gasteiger partial charge on any atom is -0.376 e. The molecule has 1 aromatic carbocycles. The monoisotopic (exact) mass is 366 g/mol. The zero-order valence-electron chi connectivity index (χ0n) is 17.2. The summed E-state index contributed by atoms with van der Waals surface area (Å²) in [6.45, 7) is 15.2. The fourth-order valence-electron chi connectivity index (χ4n) is 3.26. The average Bonchev–Trinajstić information content (AvgIpc) is 3.01. The predicted molar refractivity (Wildman–Crippen MR) is 104 cm³/mol. The third-order valence-electron chi connectivity index (χ3n) is 5.26. The number of ether oxygens (including phenoxy) is 4. The number of benzene rings is 1. The zero-order valence-corrected chi connectivity index (χ0v) is 18.2. The van der Waals surface area contributed by atoms with Gasteiger partial charge in [-0.3, -0.25) is 0 Å². The first-order chi connectivity index (χ1) is 11.4. The lowest BCUT2D eigenvalue weighted by Crippen LogP contribution is -2.53. The molecule has 1 fully saturated rings. The van der Waals surface area contributed by atoms with Gasteiger partial charge in [0.05, 0.1) is 19.3 Å². The number of hydrogen-bond donors (Lipinski definition) is 0. The molecule has 0 spiro atoms. The van der Waals surface area contributed by atoms with Gasteiger partial charge in [-0.2, -0.15) is 0 Å². The molecule has 1 aliphatic rings. The number of methoxy groups -OCH3 is 2. The predicted octanol–water partition coefficient (Wildman–Crippen LogP) is 3.86. The highest BCUT2D eigenvalue weighted by Gasteiger charge is 2.52. The van der Waals surface area contributed by atoms with Gasteiger partial charge in [0.15, 0.2) is 6.29 Å². The lowest BCUT2D eigenvalue weighted by molar-refractivity contribution is -0.132. The molecule has 1 saturated heterocycles. The molecular weight excluding hydrogens is 332 g/mol. The van der Waals surface area contributed by atoms with Crippen LogP contribution in [0.5, 0.6) is 0 Å². The summed E-state index contributed by atoms with van der Waals surface area (Å²) in [5.74, 6) is 0. The van der Waals surface area contributed by atoms with Crippen LogP contribution in [0.15, 0.2) is 24.3 Å². The van der Waals surface area contributed by atoms with Crippen molar-refractivity contribution in [3.8, 4) is 0 Å². The van der Waals surface area contributed by atoms with Gasteiger partial charge in [-0.15, -0.1) is 0 Å². The van der Waals surface area contributed by atoms with Crippen molar-refractivity contribution < 1.29 is 18.9 Å². The molecule has 0 aromatic heterocycles. The summed E-state index contributed by atoms with van der Waals surface area (Å²) < 4.78 is 24.3. The van der Waals surface area contributed by atoms with Crippen molar-refractivity contribution in [3.63, 3.8) is 0 Å². The van der Waals surface area contributed by atoms with E-state index >= 15 is 0 Å². The van der Waals surface area contributed by atoms with E-state index in [0.717, 1.165) is 5.56 Å². The molecule has 1 aliphatic heterocycles. The van der Waals surface area contributed by atoms with E-state index < -0.39 is 25.6 Å². The molecule has 0 saturated carbocycles. The molecular formula is C20H34O4Si. The Morgan fingerprint density at radius 2 is 1.28 bits per heavy atom. The van der Waals surface area contributed by atoms with Crippen LogP contribution in [-0.2, 0) is 18.9 Å². The molecule has 2 rings (SSSR count). The lowest BCUT2D eigenvalue weighted by Gasteiger charge is -2.38. The van der Waals surface area contributed by atoms with Gasteiger partial charge in [0.2, 0.25) is 0 Å². The summed E-state index contributed by atoms with van der Waals surface area (Å²) in [6, 6.07) is 8.48. The van der Waals surface area contributed by atoms with Crippen molar-refractivity contribution in [2.45, 2.75) is 77.0 Å². The van der Waals surface area contributed by atoms with E-state index in [1.165, 1.54) is 5.19 Å². The van der Waals surface area contributed by atoms with Gasteiger partial charge < -0.3 is 18.9 Å². The molecule has 1 heterocycles. The Hall–Kier alpha value is -0.723. The quantitative estimate of drug-likeness (QED) is 0.716. The second kappa shape index (κ2) is 7.12. The minimum absolute atomic E-state index is 0.229. The molecule has 4 nitrogen and oxygen atoms in total. The smallest absolute Gasteiger partial charge is 0.184 e. The van der Waals surface area contributed by atoms with E-state index in [1.807, 2.05) is 27.7 Å². The van der Waals surface area contributed by atoms with Gasteiger partial charge in [-0.1, -0.05) is 49.1 Å². The van der Waals surface area contributed by atoms with Crippen molar-refractivity contribution in [3.05, 3.63) is 29.8 Å². The molecule has 0 aliphatic carbocycles. The molecule has 5 heteroatoms. The summed E-state index contributed by atoms with van der Waals surface area (Å²) >= 11 is 0. The Balaban J connectivity index is 2.44. The fourth-order valence-corrected chi connectivity index (χ4v) is 4.93. The van der Waals surface area contributed by atoms with Gasteiger partial charge >= 0.3 is 0 Å². The van der Waals surface area contributed by atoms with Crippen LogP contribution in [-0.4, -0.2) is 45.7 Å². The Labute approximate surface area is 153 Å². The van der Waals surface area contributed by atoms with Crippen LogP contribution in [0.25, 0.3) is 0 Å². The maximum absolute atomic E-state index is 6.43. The van der Waals surface area contributed by atoms with E-state index in [1.54, 1.807) is 14.2 Å². The second-order valence-corrected chi connectivity index (χ2v) is 13.9. The Bertz CT molecular complexity index is 568. The lowest BCUT2D eigenvalue weighted by atomic mass is 9.87. The molecule has 25 heavy (non-hydrogen) atoms. The molecule has 0 unspecified atom stereocenters. The second-order valence-electron chi connectivity index (χ2n) is 8.90. The molecule has 0 amide bonds. The standard InChI is InChI=1S/C20H34O4Si/c1-19(2,21-5)16-17(20(3,4)22-6)24-18(23-16)14-12-10-11-13-15(14)25(7,8)9/h10-13,16-18H,1-9H3/t16-,17-/m1/s1. The Kier molecular flexibility index (Phi) is 5.86. The molecule has 0 N–H and O–H groups in total. The first kappa shape index (κ1) is 20.6. The summed E-state index contributed by atoms with van der Waals surface area (Å²) in [4.78, 5) is 0. The highest BCUT2D eigenvalue weighted by Crippen LogP contribution is 2.42. The van der Waals surface area contributed by atoms with Gasteiger partial charge in [-0.25, -0.2) is 0 Å². The molecule has 2 atom stereocenters. The van der Waals surface area contributed by atoms with E-state index in [2.05, 4.69) is 43.9 Å². The van der Waals surface area contributed by atoms with E-state index in [4.69, 9.17) is 18.9 Å². The summed E-state index contributed by atoms with van der Waals surface area (Å²) in [6.07, 6.45) is -0.860. The van der Waals surface area contributed by atoms with Gasteiger partial charge in [-0.05, 0) is 27.7 Å². The van der Waals surface area contributed by atoms with Crippen LogP contribution >= 0.6 is 0 Å². The highest BCUT2D eigenvalue weighted by molar-refractivity contribution is 6.89. The van der Waals surface area contributed by atoms with Gasteiger partial charge in [0.1, 0.15) is 12.2 Å². The van der Waals surface area contributed by atoms with E-state index in [-0.39, 0.29) is 12.2 Å². The molecule has 0 radical (unpaired) electrons. The van der Waals surface area contributed by atoms with Gasteiger partial charge in [0.25, 0.3) is 0 Å². The van der Waals surface area contributed by atoms with Crippen molar-refractivity contribution in [2.24, 2.45) is 0 Å². The fraction of sp³-hybridized carbons (Fsp3) is 0.700. The van der Waals surface area contributed by atoms with Crippen LogP contribution in [0.2, 0.25) is 19.6 Å². The zero-order chi connectivity index (χ0) is 19.0. The van der Waals surface area contributed by atoms with Gasteiger partial charge in [0, 0.05) is 19.8 Å². The highest BCUT2D eigenvalue weighted by atomic mass is 28.3. The van der Waals surface area contributed by atoms with E-state index in [9.17, 15) is 0 Å². The largest absolute Gasteiger partial charge is 0.376 e. The maximum Gasteiger partial charge on any atom is 0.184 e. The molecule has 0 bridgehead atoms. The maximum atomic E-state index is 6.43. The summed E-state index contributed by atoms with van der Waals surface area (Å²) in [5, 5.41) is 1.37. The summed E-state index contributed by atoms with van der Waals surface area (Å²) in [7, 11) is 1.90. The SMILES string of the molecule is COC(C)(C)[C@@H]1OC(c2ccccc2[Si](C)(C)C)O[C@H]1C(C)(C)OC. The Morgan fingerprint density at radius 3 is 1.68 bits per heavy atom. The van der Waals surface area contributed by atoms with Crippen LogP contribution in [0.3, 0.4) is 0 Å². The number of rotatable bonds is 6. The number of hydrogen-bond acceptors (Lipinski definition) is 4. The molecule has 142 valence electrons. The summed E-state index contributed by atoms with van der Waals surface area (Å²) in [5.41, 5.74) is 0.167. The van der Waals surface area contributed by atoms with Crippen LogP contribution < -0.4 is 5.19 Å². The van der Waals surface area contributed by atoms with E-state index in [0.29, 0.717) is 0 Å².